The molecule has 1 heterocycles. The Kier molecular flexibility index (Phi) is 4.31. The molecule has 5 heteroatoms. The first-order chi connectivity index (χ1) is 9.92. The van der Waals surface area contributed by atoms with Crippen molar-refractivity contribution in [1.82, 2.24) is 4.98 Å². The topological polar surface area (TPSA) is 72.6 Å². The first-order valence-corrected chi connectivity index (χ1v) is 6.80. The number of carbonyl (C=O) groups is 1. The van der Waals surface area contributed by atoms with Crippen LogP contribution in [0, 0.1) is 12.8 Å². The Labute approximate surface area is 123 Å². The van der Waals surface area contributed by atoms with E-state index in [2.05, 4.69) is 4.98 Å². The summed E-state index contributed by atoms with van der Waals surface area (Å²) in [5.41, 5.74) is 2.15. The van der Waals surface area contributed by atoms with Gasteiger partial charge in [-0.05, 0) is 31.4 Å². The summed E-state index contributed by atoms with van der Waals surface area (Å²) in [6.45, 7) is 5.96. The van der Waals surface area contributed by atoms with Crippen LogP contribution in [0.15, 0.2) is 22.6 Å². The van der Waals surface area contributed by atoms with Crippen molar-refractivity contribution in [3.8, 4) is 17.2 Å². The summed E-state index contributed by atoms with van der Waals surface area (Å²) in [6.07, 6.45) is 0.555. The predicted molar refractivity (Wildman–Crippen MR) is 78.7 cm³/mol. The number of aromatic carboxylic acids is 1. The number of hydrogen-bond acceptors (Lipinski definition) is 4. The highest BCUT2D eigenvalue weighted by atomic mass is 16.5. The third-order valence-electron chi connectivity index (χ3n) is 3.08. The lowest BCUT2D eigenvalue weighted by Gasteiger charge is -2.05. The zero-order valence-corrected chi connectivity index (χ0v) is 12.6. The lowest BCUT2D eigenvalue weighted by atomic mass is 10.1. The largest absolute Gasteiger partial charge is 0.496 e. The van der Waals surface area contributed by atoms with Gasteiger partial charge in [0.15, 0.2) is 0 Å². The van der Waals surface area contributed by atoms with Crippen molar-refractivity contribution in [2.45, 2.75) is 27.2 Å². The summed E-state index contributed by atoms with van der Waals surface area (Å²) in [4.78, 5) is 15.7. The molecule has 0 spiro atoms. The summed E-state index contributed by atoms with van der Waals surface area (Å²) in [5.74, 6) is -0.0165. The fourth-order valence-corrected chi connectivity index (χ4v) is 2.15. The third-order valence-corrected chi connectivity index (χ3v) is 3.08. The van der Waals surface area contributed by atoms with E-state index in [4.69, 9.17) is 9.15 Å². The summed E-state index contributed by atoms with van der Waals surface area (Å²) in [5, 5.41) is 9.25. The molecule has 21 heavy (non-hydrogen) atoms. The number of carboxylic acids is 1. The smallest absolute Gasteiger partial charge is 0.373 e. The van der Waals surface area contributed by atoms with E-state index in [1.807, 2.05) is 39.0 Å². The molecule has 0 aliphatic rings. The number of aryl methyl sites for hydroxylation is 1. The fourth-order valence-electron chi connectivity index (χ4n) is 2.15. The lowest BCUT2D eigenvalue weighted by molar-refractivity contribution is 0.0661. The molecule has 0 aliphatic heterocycles. The molecule has 0 bridgehead atoms. The van der Waals surface area contributed by atoms with E-state index in [9.17, 15) is 9.90 Å². The van der Waals surface area contributed by atoms with Gasteiger partial charge in [0.05, 0.1) is 18.4 Å². The summed E-state index contributed by atoms with van der Waals surface area (Å²) in [6, 6.07) is 5.60. The second-order valence-electron chi connectivity index (χ2n) is 5.40. The average Bonchev–Trinajstić information content (AvgIpc) is 2.81. The Bertz CT molecular complexity index is 658. The molecular formula is C16H19NO4. The highest BCUT2D eigenvalue weighted by Crippen LogP contribution is 2.32. The maximum absolute atomic E-state index is 11.3. The van der Waals surface area contributed by atoms with Gasteiger partial charge in [0.2, 0.25) is 11.7 Å². The molecule has 0 saturated carbocycles. The van der Waals surface area contributed by atoms with E-state index in [-0.39, 0.29) is 11.7 Å². The van der Waals surface area contributed by atoms with Gasteiger partial charge in [0.25, 0.3) is 0 Å². The number of carboxylic acid groups (broad SMARTS) is 1. The zero-order valence-electron chi connectivity index (χ0n) is 12.6. The molecule has 0 aliphatic carbocycles. The molecule has 1 aromatic heterocycles. The SMILES string of the molecule is COc1ccc(C)cc1-c1nc(CC(C)C)c(C(=O)O)o1. The molecule has 0 unspecified atom stereocenters. The van der Waals surface area contributed by atoms with E-state index in [1.165, 1.54) is 0 Å². The molecule has 2 aromatic rings. The van der Waals surface area contributed by atoms with Gasteiger partial charge >= 0.3 is 5.97 Å². The predicted octanol–water partition coefficient (Wildman–Crippen LogP) is 3.56. The number of aromatic nitrogens is 1. The minimum atomic E-state index is -1.10. The number of methoxy groups -OCH3 is 1. The third kappa shape index (κ3) is 3.24. The number of oxazole rings is 1. The minimum absolute atomic E-state index is 0.0951. The minimum Gasteiger partial charge on any atom is -0.496 e. The van der Waals surface area contributed by atoms with Crippen LogP contribution >= 0.6 is 0 Å². The maximum Gasteiger partial charge on any atom is 0.373 e. The number of hydrogen-bond donors (Lipinski definition) is 1. The van der Waals surface area contributed by atoms with Crippen LogP contribution in [0.25, 0.3) is 11.5 Å². The van der Waals surface area contributed by atoms with Crippen LogP contribution in [-0.4, -0.2) is 23.2 Å². The monoisotopic (exact) mass is 289 g/mol. The second kappa shape index (κ2) is 5.99. The van der Waals surface area contributed by atoms with Gasteiger partial charge in [0, 0.05) is 0 Å². The van der Waals surface area contributed by atoms with Gasteiger partial charge < -0.3 is 14.3 Å². The number of nitrogens with zero attached hydrogens (tertiary/aromatic N) is 1. The van der Waals surface area contributed by atoms with Gasteiger partial charge in [0.1, 0.15) is 5.75 Å². The van der Waals surface area contributed by atoms with Crippen molar-refractivity contribution in [2.24, 2.45) is 5.92 Å². The van der Waals surface area contributed by atoms with E-state index < -0.39 is 5.97 Å². The van der Waals surface area contributed by atoms with Gasteiger partial charge in [-0.15, -0.1) is 0 Å². The summed E-state index contributed by atoms with van der Waals surface area (Å²) in [7, 11) is 1.56. The van der Waals surface area contributed by atoms with Crippen LogP contribution in [0.1, 0.15) is 35.7 Å². The van der Waals surface area contributed by atoms with E-state index in [0.29, 0.717) is 29.3 Å². The van der Waals surface area contributed by atoms with Crippen molar-refractivity contribution < 1.29 is 19.1 Å². The Morgan fingerprint density at radius 3 is 2.71 bits per heavy atom. The van der Waals surface area contributed by atoms with Gasteiger partial charge in [-0.25, -0.2) is 9.78 Å². The van der Waals surface area contributed by atoms with Crippen LogP contribution in [0.3, 0.4) is 0 Å². The molecule has 0 saturated heterocycles. The summed E-state index contributed by atoms with van der Waals surface area (Å²) < 4.78 is 10.8. The molecular weight excluding hydrogens is 270 g/mol. The standard InChI is InChI=1S/C16H19NO4/c1-9(2)7-12-14(16(18)19)21-15(17-12)11-8-10(3)5-6-13(11)20-4/h5-6,8-9H,7H2,1-4H3,(H,18,19). The molecule has 112 valence electrons. The van der Waals surface area contributed by atoms with Crippen LogP contribution in [0.2, 0.25) is 0 Å². The molecule has 2 rings (SSSR count). The van der Waals surface area contributed by atoms with Crippen LogP contribution in [0.5, 0.6) is 5.75 Å². The molecule has 0 radical (unpaired) electrons. The second-order valence-corrected chi connectivity index (χ2v) is 5.40. The first kappa shape index (κ1) is 15.1. The number of benzene rings is 1. The van der Waals surface area contributed by atoms with Crippen molar-refractivity contribution in [3.05, 3.63) is 35.2 Å². The quantitative estimate of drug-likeness (QED) is 0.911. The van der Waals surface area contributed by atoms with Crippen molar-refractivity contribution >= 4 is 5.97 Å². The van der Waals surface area contributed by atoms with Crippen molar-refractivity contribution in [1.29, 1.82) is 0 Å². The molecule has 0 amide bonds. The van der Waals surface area contributed by atoms with Gasteiger partial charge in [-0.3, -0.25) is 0 Å². The average molecular weight is 289 g/mol. The number of rotatable bonds is 5. The van der Waals surface area contributed by atoms with Gasteiger partial charge in [-0.2, -0.15) is 0 Å². The van der Waals surface area contributed by atoms with Crippen LogP contribution < -0.4 is 4.74 Å². The van der Waals surface area contributed by atoms with E-state index in [0.717, 1.165) is 5.56 Å². The van der Waals surface area contributed by atoms with Gasteiger partial charge in [-0.1, -0.05) is 25.5 Å². The summed E-state index contributed by atoms with van der Waals surface area (Å²) >= 11 is 0. The van der Waals surface area contributed by atoms with E-state index >= 15 is 0 Å². The Hall–Kier alpha value is -2.30. The highest BCUT2D eigenvalue weighted by molar-refractivity contribution is 5.86. The normalized spacial score (nSPS) is 10.9. The Morgan fingerprint density at radius 1 is 1.43 bits per heavy atom. The van der Waals surface area contributed by atoms with Crippen LogP contribution in [0.4, 0.5) is 0 Å². The lowest BCUT2D eigenvalue weighted by Crippen LogP contribution is -2.03. The number of ether oxygens (including phenoxy) is 1. The molecule has 5 nitrogen and oxygen atoms in total. The Balaban J connectivity index is 2.54. The highest BCUT2D eigenvalue weighted by Gasteiger charge is 2.22. The molecule has 1 aromatic carbocycles. The van der Waals surface area contributed by atoms with Crippen molar-refractivity contribution in [2.75, 3.05) is 7.11 Å². The molecule has 0 atom stereocenters. The first-order valence-electron chi connectivity index (χ1n) is 6.80. The molecule has 0 fully saturated rings. The molecule has 1 N–H and O–H groups in total. The zero-order chi connectivity index (χ0) is 15.6. The maximum atomic E-state index is 11.3. The van der Waals surface area contributed by atoms with E-state index in [1.54, 1.807) is 7.11 Å². The van der Waals surface area contributed by atoms with Crippen molar-refractivity contribution in [3.63, 3.8) is 0 Å². The fraction of sp³-hybridized carbons (Fsp3) is 0.375. The Morgan fingerprint density at radius 2 is 2.14 bits per heavy atom. The van der Waals surface area contributed by atoms with Crippen LogP contribution in [-0.2, 0) is 6.42 Å².